The maximum Gasteiger partial charge on any atom is 0.186 e. The van der Waals surface area contributed by atoms with Crippen LogP contribution in [0.3, 0.4) is 0 Å². The van der Waals surface area contributed by atoms with Crippen molar-refractivity contribution in [1.29, 1.82) is 0 Å². The molecule has 0 radical (unpaired) electrons. The lowest BCUT2D eigenvalue weighted by atomic mass is 9.48. The summed E-state index contributed by atoms with van der Waals surface area (Å²) in [7, 11) is 0. The Hall–Kier alpha value is -0.530. The van der Waals surface area contributed by atoms with E-state index in [1.165, 1.54) is 19.3 Å². The van der Waals surface area contributed by atoms with Crippen molar-refractivity contribution in [3.8, 4) is 0 Å². The van der Waals surface area contributed by atoms with E-state index in [0.29, 0.717) is 25.2 Å². The van der Waals surface area contributed by atoms with Crippen LogP contribution in [0.25, 0.3) is 0 Å². The number of aliphatic hydroxyl groups excluding tert-OH is 3. The summed E-state index contributed by atoms with van der Waals surface area (Å²) in [5.74, 6) is 2.34. The quantitative estimate of drug-likeness (QED) is 0.580. The molecule has 5 aliphatic rings. The van der Waals surface area contributed by atoms with Gasteiger partial charge in [-0.1, -0.05) is 6.92 Å². The zero-order chi connectivity index (χ0) is 19.2. The van der Waals surface area contributed by atoms with Crippen molar-refractivity contribution < 1.29 is 29.6 Å². The molecule has 0 amide bonds. The van der Waals surface area contributed by atoms with Crippen LogP contribution in [0.1, 0.15) is 58.3 Å². The second-order valence-electron chi connectivity index (χ2n) is 9.66. The third-order valence-corrected chi connectivity index (χ3v) is 7.70. The summed E-state index contributed by atoms with van der Waals surface area (Å²) in [4.78, 5) is 13.0. The number of ketones is 1. The first-order valence-corrected chi connectivity index (χ1v) is 10.7. The molecular formula is C21H34O6. The van der Waals surface area contributed by atoms with Crippen molar-refractivity contribution in [3.63, 3.8) is 0 Å². The molecule has 6 heteroatoms. The van der Waals surface area contributed by atoms with Gasteiger partial charge >= 0.3 is 0 Å². The van der Waals surface area contributed by atoms with Crippen molar-refractivity contribution in [1.82, 2.24) is 0 Å². The van der Waals surface area contributed by atoms with Crippen LogP contribution in [0.2, 0.25) is 0 Å². The van der Waals surface area contributed by atoms with Crippen LogP contribution in [0, 0.1) is 29.1 Å². The van der Waals surface area contributed by atoms with Crippen LogP contribution >= 0.6 is 0 Å². The summed E-state index contributed by atoms with van der Waals surface area (Å²) in [6, 6.07) is 0. The van der Waals surface area contributed by atoms with Crippen LogP contribution in [0.4, 0.5) is 0 Å². The SMILES string of the molecule is C[C@H]1C(CO)O[C@H](OCCCC(=O)C23CC4CC(CC(C4)C2)C3)[C@H](O)C1O. The van der Waals surface area contributed by atoms with Crippen molar-refractivity contribution in [2.75, 3.05) is 13.2 Å². The Morgan fingerprint density at radius 3 is 2.22 bits per heavy atom. The van der Waals surface area contributed by atoms with Gasteiger partial charge in [0, 0.05) is 17.8 Å². The van der Waals surface area contributed by atoms with E-state index < -0.39 is 24.6 Å². The predicted octanol–water partition coefficient (Wildman–Crippen LogP) is 1.64. The van der Waals surface area contributed by atoms with Gasteiger partial charge < -0.3 is 24.8 Å². The number of ether oxygens (including phenoxy) is 2. The van der Waals surface area contributed by atoms with Crippen LogP contribution in [0.5, 0.6) is 0 Å². The van der Waals surface area contributed by atoms with E-state index in [2.05, 4.69) is 0 Å². The summed E-state index contributed by atoms with van der Waals surface area (Å²) >= 11 is 0. The molecule has 27 heavy (non-hydrogen) atoms. The number of rotatable bonds is 7. The molecule has 1 saturated heterocycles. The second kappa shape index (κ2) is 7.71. The van der Waals surface area contributed by atoms with Gasteiger partial charge in [0.2, 0.25) is 0 Å². The highest BCUT2D eigenvalue weighted by Crippen LogP contribution is 2.60. The third-order valence-electron chi connectivity index (χ3n) is 7.70. The molecule has 5 fully saturated rings. The third kappa shape index (κ3) is 3.71. The zero-order valence-electron chi connectivity index (χ0n) is 16.3. The summed E-state index contributed by atoms with van der Waals surface area (Å²) < 4.78 is 11.2. The molecule has 5 rings (SSSR count). The molecular weight excluding hydrogens is 348 g/mol. The van der Waals surface area contributed by atoms with E-state index in [1.54, 1.807) is 6.92 Å². The average Bonchev–Trinajstić information content (AvgIpc) is 2.63. The maximum atomic E-state index is 13.0. The van der Waals surface area contributed by atoms with E-state index >= 15 is 0 Å². The van der Waals surface area contributed by atoms with Gasteiger partial charge in [-0.15, -0.1) is 0 Å². The largest absolute Gasteiger partial charge is 0.394 e. The number of hydrogen-bond acceptors (Lipinski definition) is 6. The van der Waals surface area contributed by atoms with Gasteiger partial charge in [-0.25, -0.2) is 0 Å². The molecule has 2 unspecified atom stereocenters. The fraction of sp³-hybridized carbons (Fsp3) is 0.952. The first kappa shape index (κ1) is 19.8. The highest BCUT2D eigenvalue weighted by Gasteiger charge is 2.53. The monoisotopic (exact) mass is 382 g/mol. The van der Waals surface area contributed by atoms with Crippen molar-refractivity contribution in [3.05, 3.63) is 0 Å². The smallest absolute Gasteiger partial charge is 0.186 e. The molecule has 0 aromatic rings. The number of aliphatic hydroxyl groups is 3. The normalized spacial score (nSPS) is 48.7. The van der Waals surface area contributed by atoms with E-state index in [1.807, 2.05) is 0 Å². The molecule has 0 aromatic heterocycles. The summed E-state index contributed by atoms with van der Waals surface area (Å²) in [6.07, 6.45) is 4.74. The van der Waals surface area contributed by atoms with Crippen molar-refractivity contribution in [2.24, 2.45) is 29.1 Å². The van der Waals surface area contributed by atoms with Crippen molar-refractivity contribution >= 4 is 5.78 Å². The molecule has 5 atom stereocenters. The van der Waals surface area contributed by atoms with E-state index in [-0.39, 0.29) is 17.9 Å². The van der Waals surface area contributed by atoms with Gasteiger partial charge in [0.25, 0.3) is 0 Å². The minimum Gasteiger partial charge on any atom is -0.394 e. The van der Waals surface area contributed by atoms with Gasteiger partial charge in [0.1, 0.15) is 11.9 Å². The fourth-order valence-corrected chi connectivity index (χ4v) is 6.57. The van der Waals surface area contributed by atoms with Crippen LogP contribution in [0.15, 0.2) is 0 Å². The average molecular weight is 382 g/mol. The predicted molar refractivity (Wildman–Crippen MR) is 97.7 cm³/mol. The molecule has 0 aromatic carbocycles. The Morgan fingerprint density at radius 2 is 1.67 bits per heavy atom. The fourth-order valence-electron chi connectivity index (χ4n) is 6.57. The van der Waals surface area contributed by atoms with E-state index in [4.69, 9.17) is 9.47 Å². The molecule has 4 aliphatic carbocycles. The Balaban J connectivity index is 1.25. The molecule has 1 aliphatic heterocycles. The van der Waals surface area contributed by atoms with Gasteiger partial charge in [-0.2, -0.15) is 0 Å². The molecule has 3 N–H and O–H groups in total. The Bertz CT molecular complexity index is 512. The lowest BCUT2D eigenvalue weighted by Gasteiger charge is -2.56. The first-order valence-electron chi connectivity index (χ1n) is 10.7. The molecule has 4 saturated carbocycles. The van der Waals surface area contributed by atoms with Crippen LogP contribution in [-0.4, -0.2) is 58.9 Å². The second-order valence-corrected chi connectivity index (χ2v) is 9.66. The highest BCUT2D eigenvalue weighted by molar-refractivity contribution is 5.85. The minimum atomic E-state index is -1.14. The highest BCUT2D eigenvalue weighted by atomic mass is 16.7. The van der Waals surface area contributed by atoms with Crippen LogP contribution < -0.4 is 0 Å². The maximum absolute atomic E-state index is 13.0. The molecule has 0 spiro atoms. The Morgan fingerprint density at radius 1 is 1.07 bits per heavy atom. The number of hydrogen-bond donors (Lipinski definition) is 3. The first-order chi connectivity index (χ1) is 12.9. The molecule has 6 nitrogen and oxygen atoms in total. The molecule has 4 bridgehead atoms. The standard InChI is InChI=1S/C21H34O6/c1-12-16(11-22)27-20(19(25)18(12)24)26-4-2-3-17(23)21-8-13-5-14(9-21)7-15(6-13)10-21/h12-16,18-20,22,24-25H,2-11H2,1H3/t12-,13?,14?,15?,16?,18?,19+,20-,21?/m0/s1. The zero-order valence-corrected chi connectivity index (χ0v) is 16.3. The molecule has 1 heterocycles. The number of carbonyl (C=O) groups excluding carboxylic acids is 1. The van der Waals surface area contributed by atoms with Crippen molar-refractivity contribution in [2.45, 2.75) is 82.9 Å². The van der Waals surface area contributed by atoms with Crippen LogP contribution in [-0.2, 0) is 14.3 Å². The van der Waals surface area contributed by atoms with E-state index in [9.17, 15) is 20.1 Å². The number of carbonyl (C=O) groups is 1. The Kier molecular flexibility index (Phi) is 5.65. The van der Waals surface area contributed by atoms with Gasteiger partial charge in [0.15, 0.2) is 6.29 Å². The van der Waals surface area contributed by atoms with Gasteiger partial charge in [0.05, 0.1) is 25.4 Å². The molecule has 154 valence electrons. The van der Waals surface area contributed by atoms with Gasteiger partial charge in [-0.3, -0.25) is 4.79 Å². The lowest BCUT2D eigenvalue weighted by Crippen LogP contribution is -2.55. The lowest BCUT2D eigenvalue weighted by molar-refractivity contribution is -0.288. The minimum absolute atomic E-state index is 0.0663. The summed E-state index contributed by atoms with van der Waals surface area (Å²) in [5, 5.41) is 29.6. The summed E-state index contributed by atoms with van der Waals surface area (Å²) in [6.45, 7) is 1.81. The summed E-state index contributed by atoms with van der Waals surface area (Å²) in [5.41, 5.74) is -0.0663. The van der Waals surface area contributed by atoms with E-state index in [0.717, 1.165) is 37.0 Å². The topological polar surface area (TPSA) is 96.2 Å². The Labute approximate surface area is 161 Å². The number of Topliss-reactive ketones (excluding diaryl/α,β-unsaturated/α-hetero) is 1. The van der Waals surface area contributed by atoms with Gasteiger partial charge in [-0.05, 0) is 62.7 Å².